The van der Waals surface area contributed by atoms with Gasteiger partial charge in [-0.15, -0.1) is 0 Å². The lowest BCUT2D eigenvalue weighted by atomic mass is 10.2. The molecule has 0 heterocycles. The lowest BCUT2D eigenvalue weighted by Crippen LogP contribution is -2.28. The van der Waals surface area contributed by atoms with E-state index in [0.29, 0.717) is 6.54 Å². The molecule has 0 spiro atoms. The van der Waals surface area contributed by atoms with Gasteiger partial charge in [0.1, 0.15) is 0 Å². The molecule has 0 fully saturated rings. The Balaban J connectivity index is 2.59. The summed E-state index contributed by atoms with van der Waals surface area (Å²) in [6.07, 6.45) is 0. The first kappa shape index (κ1) is 12.0. The van der Waals surface area contributed by atoms with Crippen molar-refractivity contribution in [2.24, 2.45) is 0 Å². The summed E-state index contributed by atoms with van der Waals surface area (Å²) < 4.78 is 0.974. The van der Waals surface area contributed by atoms with Crippen LogP contribution in [0, 0.1) is 0 Å². The summed E-state index contributed by atoms with van der Waals surface area (Å²) in [5.74, 6) is 0. The molecule has 0 aliphatic carbocycles. The summed E-state index contributed by atoms with van der Waals surface area (Å²) in [5, 5.41) is 12.7. The molecule has 0 saturated carbocycles. The first-order chi connectivity index (χ1) is 6.63. The van der Waals surface area contributed by atoms with Crippen LogP contribution in [0.25, 0.3) is 0 Å². The zero-order valence-electron chi connectivity index (χ0n) is 7.93. The van der Waals surface area contributed by atoms with Gasteiger partial charge in [0.2, 0.25) is 0 Å². The minimum absolute atomic E-state index is 0.0923. The van der Waals surface area contributed by atoms with Crippen molar-refractivity contribution in [2.75, 3.05) is 6.61 Å². The standard InChI is InChI=1S/C10H13BrClNO/c1-7(6-14)13-5-8-2-3-9(11)4-10(8)12/h2-4,7,13-14H,5-6H2,1H3. The predicted octanol–water partition coefficient (Wildman–Crippen LogP) is 2.57. The Labute approximate surface area is 97.4 Å². The number of halogens is 2. The van der Waals surface area contributed by atoms with E-state index in [9.17, 15) is 0 Å². The molecule has 1 atom stereocenters. The van der Waals surface area contributed by atoms with Gasteiger partial charge >= 0.3 is 0 Å². The summed E-state index contributed by atoms with van der Waals surface area (Å²) in [5.41, 5.74) is 1.04. The van der Waals surface area contributed by atoms with Gasteiger partial charge in [-0.3, -0.25) is 0 Å². The molecule has 0 amide bonds. The second-order valence-electron chi connectivity index (χ2n) is 3.20. The zero-order chi connectivity index (χ0) is 10.6. The van der Waals surface area contributed by atoms with Crippen molar-refractivity contribution in [2.45, 2.75) is 19.5 Å². The van der Waals surface area contributed by atoms with Crippen LogP contribution in [0.3, 0.4) is 0 Å². The van der Waals surface area contributed by atoms with Gasteiger partial charge in [-0.25, -0.2) is 0 Å². The van der Waals surface area contributed by atoms with E-state index in [1.807, 2.05) is 25.1 Å². The summed E-state index contributed by atoms with van der Waals surface area (Å²) >= 11 is 9.37. The Morgan fingerprint density at radius 2 is 2.29 bits per heavy atom. The maximum atomic E-state index is 8.82. The van der Waals surface area contributed by atoms with Gasteiger partial charge in [-0.1, -0.05) is 33.6 Å². The van der Waals surface area contributed by atoms with Crippen LogP contribution in [-0.2, 0) is 6.54 Å². The second kappa shape index (κ2) is 5.71. The van der Waals surface area contributed by atoms with Crippen molar-refractivity contribution in [3.8, 4) is 0 Å². The molecule has 14 heavy (non-hydrogen) atoms. The smallest absolute Gasteiger partial charge is 0.0582 e. The van der Waals surface area contributed by atoms with Gasteiger partial charge in [-0.05, 0) is 24.6 Å². The number of aliphatic hydroxyl groups is 1. The molecule has 0 saturated heterocycles. The largest absolute Gasteiger partial charge is 0.395 e. The third kappa shape index (κ3) is 3.58. The SMILES string of the molecule is CC(CO)NCc1ccc(Br)cc1Cl. The fourth-order valence-corrected chi connectivity index (χ4v) is 1.75. The maximum Gasteiger partial charge on any atom is 0.0582 e. The highest BCUT2D eigenvalue weighted by Crippen LogP contribution is 2.21. The van der Waals surface area contributed by atoms with E-state index in [1.165, 1.54) is 0 Å². The molecule has 78 valence electrons. The van der Waals surface area contributed by atoms with Crippen molar-refractivity contribution in [3.63, 3.8) is 0 Å². The normalized spacial score (nSPS) is 12.9. The van der Waals surface area contributed by atoms with Crippen LogP contribution < -0.4 is 5.32 Å². The first-order valence-electron chi connectivity index (χ1n) is 4.41. The van der Waals surface area contributed by atoms with Crippen LogP contribution >= 0.6 is 27.5 Å². The van der Waals surface area contributed by atoms with Gasteiger partial charge < -0.3 is 10.4 Å². The van der Waals surface area contributed by atoms with Crippen LogP contribution in [0.4, 0.5) is 0 Å². The number of benzene rings is 1. The van der Waals surface area contributed by atoms with E-state index < -0.39 is 0 Å². The lowest BCUT2D eigenvalue weighted by molar-refractivity contribution is 0.251. The number of hydrogen-bond donors (Lipinski definition) is 2. The number of rotatable bonds is 4. The molecule has 1 aromatic carbocycles. The Morgan fingerprint density at radius 3 is 2.86 bits per heavy atom. The van der Waals surface area contributed by atoms with Crippen molar-refractivity contribution in [1.82, 2.24) is 5.32 Å². The summed E-state index contributed by atoms with van der Waals surface area (Å²) in [6.45, 7) is 2.73. The van der Waals surface area contributed by atoms with E-state index in [-0.39, 0.29) is 12.6 Å². The van der Waals surface area contributed by atoms with E-state index in [1.54, 1.807) is 0 Å². The molecule has 2 nitrogen and oxygen atoms in total. The molecule has 0 bridgehead atoms. The van der Waals surface area contributed by atoms with Gasteiger partial charge in [-0.2, -0.15) is 0 Å². The van der Waals surface area contributed by atoms with Gasteiger partial charge in [0.05, 0.1) is 6.61 Å². The van der Waals surface area contributed by atoms with Crippen LogP contribution in [-0.4, -0.2) is 17.8 Å². The fourth-order valence-electron chi connectivity index (χ4n) is 1.01. The van der Waals surface area contributed by atoms with Crippen LogP contribution in [0.1, 0.15) is 12.5 Å². The average molecular weight is 279 g/mol. The molecule has 1 unspecified atom stereocenters. The van der Waals surface area contributed by atoms with Crippen molar-refractivity contribution >= 4 is 27.5 Å². The quantitative estimate of drug-likeness (QED) is 0.887. The van der Waals surface area contributed by atoms with E-state index >= 15 is 0 Å². The number of hydrogen-bond acceptors (Lipinski definition) is 2. The lowest BCUT2D eigenvalue weighted by Gasteiger charge is -2.11. The van der Waals surface area contributed by atoms with Gasteiger partial charge in [0.15, 0.2) is 0 Å². The highest BCUT2D eigenvalue weighted by Gasteiger charge is 2.03. The number of nitrogens with one attached hydrogen (secondary N) is 1. The molecule has 0 aromatic heterocycles. The number of aliphatic hydroxyl groups excluding tert-OH is 1. The highest BCUT2D eigenvalue weighted by molar-refractivity contribution is 9.10. The summed E-state index contributed by atoms with van der Waals surface area (Å²) in [6, 6.07) is 5.87. The Morgan fingerprint density at radius 1 is 1.57 bits per heavy atom. The summed E-state index contributed by atoms with van der Waals surface area (Å²) in [7, 11) is 0. The Hall–Kier alpha value is -0.0900. The van der Waals surface area contributed by atoms with Gasteiger partial charge in [0.25, 0.3) is 0 Å². The van der Waals surface area contributed by atoms with Crippen molar-refractivity contribution < 1.29 is 5.11 Å². The minimum Gasteiger partial charge on any atom is -0.395 e. The third-order valence-corrected chi connectivity index (χ3v) is 2.78. The van der Waals surface area contributed by atoms with E-state index in [2.05, 4.69) is 21.2 Å². The van der Waals surface area contributed by atoms with Crippen LogP contribution in [0.5, 0.6) is 0 Å². The molecule has 2 N–H and O–H groups in total. The highest BCUT2D eigenvalue weighted by atomic mass is 79.9. The molecule has 1 aromatic rings. The first-order valence-corrected chi connectivity index (χ1v) is 5.58. The second-order valence-corrected chi connectivity index (χ2v) is 4.52. The summed E-state index contributed by atoms with van der Waals surface area (Å²) in [4.78, 5) is 0. The molecule has 0 radical (unpaired) electrons. The molecule has 0 aliphatic rings. The third-order valence-electron chi connectivity index (χ3n) is 1.93. The molecular formula is C10H13BrClNO. The van der Waals surface area contributed by atoms with Crippen LogP contribution in [0.2, 0.25) is 5.02 Å². The average Bonchev–Trinajstić information content (AvgIpc) is 2.16. The topological polar surface area (TPSA) is 32.3 Å². The minimum atomic E-state index is 0.0923. The van der Waals surface area contributed by atoms with Crippen LogP contribution in [0.15, 0.2) is 22.7 Å². The Bertz CT molecular complexity index is 306. The predicted molar refractivity (Wildman–Crippen MR) is 62.5 cm³/mol. The van der Waals surface area contributed by atoms with E-state index in [4.69, 9.17) is 16.7 Å². The van der Waals surface area contributed by atoms with Crippen molar-refractivity contribution in [3.05, 3.63) is 33.3 Å². The molecular weight excluding hydrogens is 265 g/mol. The molecule has 4 heteroatoms. The fraction of sp³-hybridized carbons (Fsp3) is 0.400. The van der Waals surface area contributed by atoms with Crippen molar-refractivity contribution in [1.29, 1.82) is 0 Å². The molecule has 1 rings (SSSR count). The molecule has 0 aliphatic heterocycles. The zero-order valence-corrected chi connectivity index (χ0v) is 10.3. The van der Waals surface area contributed by atoms with E-state index in [0.717, 1.165) is 15.1 Å². The van der Waals surface area contributed by atoms with Gasteiger partial charge in [0, 0.05) is 22.1 Å². The maximum absolute atomic E-state index is 8.82. The monoisotopic (exact) mass is 277 g/mol. The Kier molecular flexibility index (Phi) is 4.89.